The molecule has 1 saturated heterocycles. The van der Waals surface area contributed by atoms with E-state index in [-0.39, 0.29) is 30.1 Å². The molecule has 0 saturated carbocycles. The van der Waals surface area contributed by atoms with Gasteiger partial charge in [0.25, 0.3) is 0 Å². The van der Waals surface area contributed by atoms with Gasteiger partial charge in [-0.25, -0.2) is 4.79 Å². The Morgan fingerprint density at radius 2 is 1.76 bits per heavy atom. The molecule has 0 radical (unpaired) electrons. The number of aliphatic imine (C=N–C) groups is 1. The molecule has 7 nitrogen and oxygen atoms in total. The van der Waals surface area contributed by atoms with Crippen molar-refractivity contribution in [1.82, 2.24) is 15.1 Å². The van der Waals surface area contributed by atoms with E-state index in [0.29, 0.717) is 19.7 Å². The average Bonchev–Trinajstić information content (AvgIpc) is 2.74. The van der Waals surface area contributed by atoms with Crippen LogP contribution in [0.5, 0.6) is 0 Å². The third-order valence-electron chi connectivity index (χ3n) is 4.69. The van der Waals surface area contributed by atoms with Crippen molar-refractivity contribution in [2.45, 2.75) is 26.2 Å². The van der Waals surface area contributed by atoms with Crippen LogP contribution in [-0.4, -0.2) is 81.4 Å². The zero-order valence-electron chi connectivity index (χ0n) is 17.6. The first kappa shape index (κ1) is 25.5. The van der Waals surface area contributed by atoms with Gasteiger partial charge >= 0.3 is 6.09 Å². The Morgan fingerprint density at radius 1 is 1.07 bits per heavy atom. The molecule has 0 aliphatic carbocycles. The van der Waals surface area contributed by atoms with E-state index >= 15 is 0 Å². The highest BCUT2D eigenvalue weighted by atomic mass is 127. The van der Waals surface area contributed by atoms with Gasteiger partial charge in [-0.3, -0.25) is 4.99 Å². The van der Waals surface area contributed by atoms with Gasteiger partial charge in [0, 0.05) is 46.4 Å². The predicted molar refractivity (Wildman–Crippen MR) is 127 cm³/mol. The lowest BCUT2D eigenvalue weighted by atomic mass is 10.2. The summed E-state index contributed by atoms with van der Waals surface area (Å²) in [7, 11) is 1.80. The first-order valence-corrected chi connectivity index (χ1v) is 10.2. The Balaban J connectivity index is 0.00000420. The largest absolute Gasteiger partial charge is 0.450 e. The summed E-state index contributed by atoms with van der Waals surface area (Å²) in [6, 6.07) is 10.4. The Hall–Kier alpha value is -1.55. The molecule has 0 unspecified atom stereocenters. The molecule has 1 N–H and O–H groups in total. The summed E-state index contributed by atoms with van der Waals surface area (Å²) in [5, 5.41) is 3.41. The molecule has 1 amide bonds. The number of piperazine rings is 1. The fraction of sp³-hybridized carbons (Fsp3) is 0.619. The van der Waals surface area contributed by atoms with Gasteiger partial charge in [-0.15, -0.1) is 24.0 Å². The Morgan fingerprint density at radius 3 is 2.41 bits per heavy atom. The van der Waals surface area contributed by atoms with Crippen molar-refractivity contribution in [3.05, 3.63) is 35.9 Å². The van der Waals surface area contributed by atoms with E-state index in [4.69, 9.17) is 9.47 Å². The minimum absolute atomic E-state index is 0. The quantitative estimate of drug-likeness (QED) is 0.236. The number of ether oxygens (including phenoxy) is 2. The van der Waals surface area contributed by atoms with Crippen LogP contribution in [0.2, 0.25) is 0 Å². The summed E-state index contributed by atoms with van der Waals surface area (Å²) in [6.45, 7) is 7.51. The molecule has 1 aromatic carbocycles. The molecule has 0 aromatic heterocycles. The Labute approximate surface area is 191 Å². The number of halogens is 1. The summed E-state index contributed by atoms with van der Waals surface area (Å²) in [5.74, 6) is 0.897. The lowest BCUT2D eigenvalue weighted by Gasteiger charge is -2.35. The van der Waals surface area contributed by atoms with E-state index in [2.05, 4.69) is 39.5 Å². The second-order valence-electron chi connectivity index (χ2n) is 6.70. The van der Waals surface area contributed by atoms with Gasteiger partial charge in [0.2, 0.25) is 0 Å². The van der Waals surface area contributed by atoms with Crippen LogP contribution in [0.1, 0.15) is 25.3 Å². The maximum absolute atomic E-state index is 11.8. The number of amides is 1. The molecule has 1 aliphatic rings. The highest BCUT2D eigenvalue weighted by Crippen LogP contribution is 2.05. The number of carbonyl (C=O) groups is 1. The van der Waals surface area contributed by atoms with Crippen molar-refractivity contribution in [3.63, 3.8) is 0 Å². The lowest BCUT2D eigenvalue weighted by molar-refractivity contribution is 0.0914. The molecular weight excluding hydrogens is 483 g/mol. The van der Waals surface area contributed by atoms with E-state index in [9.17, 15) is 4.79 Å². The number of guanidine groups is 1. The average molecular weight is 518 g/mol. The number of hydrogen-bond acceptors (Lipinski definition) is 4. The first-order chi connectivity index (χ1) is 13.7. The number of unbranched alkanes of at least 4 members (excludes halogenated alkanes) is 1. The van der Waals surface area contributed by atoms with Crippen molar-refractivity contribution >= 4 is 36.0 Å². The van der Waals surface area contributed by atoms with Crippen LogP contribution in [0.25, 0.3) is 0 Å². The summed E-state index contributed by atoms with van der Waals surface area (Å²) in [4.78, 5) is 20.1. The second kappa shape index (κ2) is 15.3. The van der Waals surface area contributed by atoms with Gasteiger partial charge in [-0.1, -0.05) is 30.3 Å². The molecule has 1 aromatic rings. The molecule has 29 heavy (non-hydrogen) atoms. The summed E-state index contributed by atoms with van der Waals surface area (Å²) in [6.07, 6.45) is 2.80. The molecule has 0 spiro atoms. The summed E-state index contributed by atoms with van der Waals surface area (Å²) < 4.78 is 10.8. The smallest absolute Gasteiger partial charge is 0.409 e. The maximum Gasteiger partial charge on any atom is 0.409 e. The van der Waals surface area contributed by atoms with Crippen molar-refractivity contribution in [1.29, 1.82) is 0 Å². The lowest BCUT2D eigenvalue weighted by Crippen LogP contribution is -2.54. The minimum atomic E-state index is -0.225. The van der Waals surface area contributed by atoms with Crippen LogP contribution in [0.15, 0.2) is 35.3 Å². The summed E-state index contributed by atoms with van der Waals surface area (Å²) >= 11 is 0. The van der Waals surface area contributed by atoms with Crippen LogP contribution < -0.4 is 5.32 Å². The topological polar surface area (TPSA) is 66.4 Å². The molecule has 8 heteroatoms. The van der Waals surface area contributed by atoms with Gasteiger partial charge in [0.1, 0.15) is 0 Å². The molecule has 2 rings (SSSR count). The van der Waals surface area contributed by atoms with Crippen molar-refractivity contribution < 1.29 is 14.3 Å². The van der Waals surface area contributed by atoms with E-state index in [1.807, 2.05) is 13.0 Å². The molecule has 1 heterocycles. The molecule has 0 bridgehead atoms. The third-order valence-corrected chi connectivity index (χ3v) is 4.69. The van der Waals surface area contributed by atoms with E-state index in [1.165, 1.54) is 5.56 Å². The fourth-order valence-corrected chi connectivity index (χ4v) is 3.11. The van der Waals surface area contributed by atoms with Gasteiger partial charge < -0.3 is 24.6 Å². The highest BCUT2D eigenvalue weighted by molar-refractivity contribution is 14.0. The maximum atomic E-state index is 11.8. The Bertz CT molecular complexity index is 593. The monoisotopic (exact) mass is 518 g/mol. The number of hydrogen-bond donors (Lipinski definition) is 1. The van der Waals surface area contributed by atoms with E-state index in [0.717, 1.165) is 58.1 Å². The van der Waals surface area contributed by atoms with Gasteiger partial charge in [-0.2, -0.15) is 0 Å². The zero-order chi connectivity index (χ0) is 20.0. The van der Waals surface area contributed by atoms with Gasteiger partial charge in [0.15, 0.2) is 5.96 Å². The molecule has 0 atom stereocenters. The molecule has 1 fully saturated rings. The zero-order valence-corrected chi connectivity index (χ0v) is 20.0. The van der Waals surface area contributed by atoms with Gasteiger partial charge in [-0.05, 0) is 31.7 Å². The standard InChI is InChI=1S/C21H34N4O3.HI/c1-3-28-21(26)25-15-13-24(14-16-25)20(22-2)23-12-7-8-17-27-18-11-19-9-5-4-6-10-19;/h4-6,9-10H,3,7-8,11-18H2,1-2H3,(H,22,23);1H. The summed E-state index contributed by atoms with van der Waals surface area (Å²) in [5.41, 5.74) is 1.32. The van der Waals surface area contributed by atoms with Gasteiger partial charge in [0.05, 0.1) is 13.2 Å². The second-order valence-corrected chi connectivity index (χ2v) is 6.70. The van der Waals surface area contributed by atoms with Crippen LogP contribution in [-0.2, 0) is 15.9 Å². The third kappa shape index (κ3) is 9.66. The van der Waals surface area contributed by atoms with E-state index < -0.39 is 0 Å². The van der Waals surface area contributed by atoms with Crippen LogP contribution in [0.4, 0.5) is 4.79 Å². The molecule has 164 valence electrons. The molecular formula is C21H35IN4O3. The normalized spacial score (nSPS) is 14.3. The predicted octanol–water partition coefficient (Wildman–Crippen LogP) is 2.99. The minimum Gasteiger partial charge on any atom is -0.450 e. The Kier molecular flexibility index (Phi) is 13.5. The first-order valence-electron chi connectivity index (χ1n) is 10.2. The SMILES string of the molecule is CCOC(=O)N1CCN(C(=NC)NCCCCOCCc2ccccc2)CC1.I. The number of nitrogens with zero attached hydrogens (tertiary/aromatic N) is 3. The van der Waals surface area contributed by atoms with Crippen LogP contribution >= 0.6 is 24.0 Å². The van der Waals surface area contributed by atoms with Crippen molar-refractivity contribution in [2.75, 3.05) is 59.6 Å². The number of nitrogens with one attached hydrogen (secondary N) is 1. The number of rotatable bonds is 9. The number of benzene rings is 1. The van der Waals surface area contributed by atoms with Crippen molar-refractivity contribution in [2.24, 2.45) is 4.99 Å². The highest BCUT2D eigenvalue weighted by Gasteiger charge is 2.23. The fourth-order valence-electron chi connectivity index (χ4n) is 3.11. The van der Waals surface area contributed by atoms with E-state index in [1.54, 1.807) is 11.9 Å². The molecule has 1 aliphatic heterocycles. The van der Waals surface area contributed by atoms with Crippen LogP contribution in [0.3, 0.4) is 0 Å². The van der Waals surface area contributed by atoms with Crippen LogP contribution in [0, 0.1) is 0 Å². The van der Waals surface area contributed by atoms with Crippen molar-refractivity contribution in [3.8, 4) is 0 Å². The number of carbonyl (C=O) groups excluding carboxylic acids is 1.